The number of hydrogen-bond acceptors (Lipinski definition) is 2. The average Bonchev–Trinajstić information content (AvgIpc) is 2.51. The van der Waals surface area contributed by atoms with Gasteiger partial charge in [0.05, 0.1) is 12.5 Å². The van der Waals surface area contributed by atoms with E-state index >= 15 is 0 Å². The molecular weight excluding hydrogens is 288 g/mol. The quantitative estimate of drug-likeness (QED) is 0.850. The van der Waals surface area contributed by atoms with Crippen LogP contribution in [0, 0.1) is 27.7 Å². The van der Waals surface area contributed by atoms with Crippen LogP contribution in [0.3, 0.4) is 0 Å². The summed E-state index contributed by atoms with van der Waals surface area (Å²) in [6.07, 6.45) is 0.451. The van der Waals surface area contributed by atoms with Gasteiger partial charge in [-0.2, -0.15) is 0 Å². The number of ether oxygens (including phenoxy) is 1. The standard InChI is InChI=1S/C20H24O3/c1-13-9-10-15(3)19(16(13)4)23-12-11-18(20(21)22)17-8-6-5-7-14(17)2/h5-10,18H,11-12H2,1-4H3,(H,21,22). The number of aliphatic carboxylic acids is 1. The van der Waals surface area contributed by atoms with E-state index in [0.29, 0.717) is 13.0 Å². The third kappa shape index (κ3) is 3.92. The molecule has 1 atom stereocenters. The van der Waals surface area contributed by atoms with Crippen molar-refractivity contribution in [3.05, 3.63) is 64.2 Å². The predicted molar refractivity (Wildman–Crippen MR) is 92.3 cm³/mol. The summed E-state index contributed by atoms with van der Waals surface area (Å²) < 4.78 is 5.93. The number of aryl methyl sites for hydroxylation is 3. The minimum atomic E-state index is -0.805. The fourth-order valence-electron chi connectivity index (χ4n) is 2.82. The molecule has 2 aromatic carbocycles. The van der Waals surface area contributed by atoms with Crippen LogP contribution >= 0.6 is 0 Å². The molecule has 0 saturated carbocycles. The Balaban J connectivity index is 2.11. The van der Waals surface area contributed by atoms with Crippen LogP contribution in [0.25, 0.3) is 0 Å². The summed E-state index contributed by atoms with van der Waals surface area (Å²) in [6, 6.07) is 11.7. The molecule has 0 heterocycles. The SMILES string of the molecule is Cc1ccccc1C(CCOc1c(C)ccc(C)c1C)C(=O)O. The second kappa shape index (κ2) is 7.32. The Hall–Kier alpha value is -2.29. The Morgan fingerprint density at radius 2 is 1.65 bits per heavy atom. The van der Waals surface area contributed by atoms with Gasteiger partial charge >= 0.3 is 5.97 Å². The zero-order valence-corrected chi connectivity index (χ0v) is 14.2. The average molecular weight is 312 g/mol. The molecule has 23 heavy (non-hydrogen) atoms. The summed E-state index contributed by atoms with van der Waals surface area (Å²) in [4.78, 5) is 11.6. The van der Waals surface area contributed by atoms with Crippen LogP contribution in [0.1, 0.15) is 40.2 Å². The molecule has 0 aliphatic carbocycles. The normalized spacial score (nSPS) is 12.0. The van der Waals surface area contributed by atoms with Crippen molar-refractivity contribution in [1.29, 1.82) is 0 Å². The molecule has 3 heteroatoms. The number of rotatable bonds is 6. The molecule has 0 amide bonds. The van der Waals surface area contributed by atoms with Gasteiger partial charge in [0.25, 0.3) is 0 Å². The predicted octanol–water partition coefficient (Wildman–Crippen LogP) is 4.56. The summed E-state index contributed by atoms with van der Waals surface area (Å²) in [5.74, 6) is -0.471. The van der Waals surface area contributed by atoms with Crippen LogP contribution in [0.2, 0.25) is 0 Å². The zero-order valence-electron chi connectivity index (χ0n) is 14.2. The first-order valence-electron chi connectivity index (χ1n) is 7.89. The van der Waals surface area contributed by atoms with Crippen molar-refractivity contribution in [2.75, 3.05) is 6.61 Å². The molecule has 0 fully saturated rings. The number of carbonyl (C=O) groups is 1. The smallest absolute Gasteiger partial charge is 0.311 e. The minimum Gasteiger partial charge on any atom is -0.493 e. The van der Waals surface area contributed by atoms with Crippen molar-refractivity contribution >= 4 is 5.97 Å². The second-order valence-corrected chi connectivity index (χ2v) is 6.04. The van der Waals surface area contributed by atoms with Gasteiger partial charge in [-0.05, 0) is 61.9 Å². The topological polar surface area (TPSA) is 46.5 Å². The minimum absolute atomic E-state index is 0.385. The Morgan fingerprint density at radius 3 is 2.30 bits per heavy atom. The lowest BCUT2D eigenvalue weighted by molar-refractivity contribution is -0.139. The Labute approximate surface area is 137 Å². The highest BCUT2D eigenvalue weighted by atomic mass is 16.5. The number of benzene rings is 2. The van der Waals surface area contributed by atoms with Crippen molar-refractivity contribution in [1.82, 2.24) is 0 Å². The van der Waals surface area contributed by atoms with Gasteiger partial charge in [0, 0.05) is 0 Å². The molecule has 2 rings (SSSR count). The maximum atomic E-state index is 11.6. The van der Waals surface area contributed by atoms with E-state index in [4.69, 9.17) is 4.74 Å². The van der Waals surface area contributed by atoms with Crippen molar-refractivity contribution < 1.29 is 14.6 Å². The Morgan fingerprint density at radius 1 is 1.00 bits per heavy atom. The van der Waals surface area contributed by atoms with Gasteiger partial charge in [0.2, 0.25) is 0 Å². The molecule has 0 aromatic heterocycles. The van der Waals surface area contributed by atoms with E-state index in [1.165, 1.54) is 5.56 Å². The van der Waals surface area contributed by atoms with E-state index in [1.807, 2.05) is 51.1 Å². The highest BCUT2D eigenvalue weighted by molar-refractivity contribution is 5.76. The van der Waals surface area contributed by atoms with E-state index in [-0.39, 0.29) is 0 Å². The fraction of sp³-hybridized carbons (Fsp3) is 0.350. The van der Waals surface area contributed by atoms with E-state index in [1.54, 1.807) is 0 Å². The molecule has 1 unspecified atom stereocenters. The van der Waals surface area contributed by atoms with E-state index in [2.05, 4.69) is 13.0 Å². The zero-order chi connectivity index (χ0) is 17.0. The molecule has 3 nitrogen and oxygen atoms in total. The van der Waals surface area contributed by atoms with E-state index in [0.717, 1.165) is 28.0 Å². The second-order valence-electron chi connectivity index (χ2n) is 6.04. The fourth-order valence-corrected chi connectivity index (χ4v) is 2.82. The molecule has 122 valence electrons. The molecular formula is C20H24O3. The van der Waals surface area contributed by atoms with Crippen molar-refractivity contribution in [3.63, 3.8) is 0 Å². The maximum Gasteiger partial charge on any atom is 0.311 e. The van der Waals surface area contributed by atoms with Crippen molar-refractivity contribution in [2.24, 2.45) is 0 Å². The van der Waals surface area contributed by atoms with Gasteiger partial charge in [-0.25, -0.2) is 0 Å². The lowest BCUT2D eigenvalue weighted by Crippen LogP contribution is -2.16. The largest absolute Gasteiger partial charge is 0.493 e. The first-order valence-corrected chi connectivity index (χ1v) is 7.89. The van der Waals surface area contributed by atoms with Crippen molar-refractivity contribution in [2.45, 2.75) is 40.0 Å². The summed E-state index contributed by atoms with van der Waals surface area (Å²) in [5.41, 5.74) is 5.24. The molecule has 0 spiro atoms. The van der Waals surface area contributed by atoms with Gasteiger partial charge in [-0.3, -0.25) is 4.79 Å². The first kappa shape index (κ1) is 17.1. The maximum absolute atomic E-state index is 11.6. The van der Waals surface area contributed by atoms with Crippen LogP contribution in [-0.2, 0) is 4.79 Å². The molecule has 2 aromatic rings. The summed E-state index contributed by atoms with van der Waals surface area (Å²) in [7, 11) is 0. The summed E-state index contributed by atoms with van der Waals surface area (Å²) in [5, 5.41) is 9.55. The highest BCUT2D eigenvalue weighted by Crippen LogP contribution is 2.28. The lowest BCUT2D eigenvalue weighted by Gasteiger charge is -2.18. The van der Waals surface area contributed by atoms with Gasteiger partial charge in [-0.1, -0.05) is 36.4 Å². The third-order valence-corrected chi connectivity index (χ3v) is 4.39. The molecule has 1 N–H and O–H groups in total. The van der Waals surface area contributed by atoms with Gasteiger partial charge in [0.1, 0.15) is 5.75 Å². The van der Waals surface area contributed by atoms with E-state index in [9.17, 15) is 9.90 Å². The highest BCUT2D eigenvalue weighted by Gasteiger charge is 2.21. The molecule has 0 radical (unpaired) electrons. The van der Waals surface area contributed by atoms with E-state index < -0.39 is 11.9 Å². The van der Waals surface area contributed by atoms with Gasteiger partial charge in [-0.15, -0.1) is 0 Å². The first-order chi connectivity index (χ1) is 10.9. The molecule has 0 saturated heterocycles. The monoisotopic (exact) mass is 312 g/mol. The molecule has 0 bridgehead atoms. The van der Waals surface area contributed by atoms with Crippen molar-refractivity contribution in [3.8, 4) is 5.75 Å². The number of carboxylic acids is 1. The summed E-state index contributed by atoms with van der Waals surface area (Å²) >= 11 is 0. The van der Waals surface area contributed by atoms with Crippen LogP contribution < -0.4 is 4.74 Å². The Kier molecular flexibility index (Phi) is 5.43. The summed E-state index contributed by atoms with van der Waals surface area (Å²) in [6.45, 7) is 8.43. The van der Waals surface area contributed by atoms with Crippen LogP contribution in [-0.4, -0.2) is 17.7 Å². The van der Waals surface area contributed by atoms with Crippen LogP contribution in [0.15, 0.2) is 36.4 Å². The van der Waals surface area contributed by atoms with Gasteiger partial charge < -0.3 is 9.84 Å². The lowest BCUT2D eigenvalue weighted by atomic mass is 9.92. The Bertz CT molecular complexity index is 704. The van der Waals surface area contributed by atoms with Crippen LogP contribution in [0.4, 0.5) is 0 Å². The number of hydrogen-bond donors (Lipinski definition) is 1. The molecule has 0 aliphatic rings. The van der Waals surface area contributed by atoms with Gasteiger partial charge in [0.15, 0.2) is 0 Å². The molecule has 0 aliphatic heterocycles. The third-order valence-electron chi connectivity index (χ3n) is 4.39. The van der Waals surface area contributed by atoms with Crippen LogP contribution in [0.5, 0.6) is 5.75 Å². The number of carboxylic acid groups (broad SMARTS) is 1.